The minimum Gasteiger partial charge on any atom is -0.497 e. The molecule has 2 aromatic rings. The van der Waals surface area contributed by atoms with Crippen LogP contribution in [-0.4, -0.2) is 18.9 Å². The van der Waals surface area contributed by atoms with Crippen LogP contribution in [-0.2, 0) is 15.0 Å². The van der Waals surface area contributed by atoms with Gasteiger partial charge in [-0.25, -0.2) is 0 Å². The van der Waals surface area contributed by atoms with Gasteiger partial charge in [-0.15, -0.1) is 0 Å². The van der Waals surface area contributed by atoms with Crippen molar-refractivity contribution in [2.45, 2.75) is 58.3 Å². The van der Waals surface area contributed by atoms with Crippen LogP contribution in [0.2, 0.25) is 0 Å². The second-order valence-electron chi connectivity index (χ2n) is 7.61. The summed E-state index contributed by atoms with van der Waals surface area (Å²) in [6.07, 6.45) is 3.40. The van der Waals surface area contributed by atoms with E-state index in [0.717, 1.165) is 30.6 Å². The number of ether oxygens (including phenoxy) is 2. The third-order valence-electron chi connectivity index (χ3n) is 5.03. The average Bonchev–Trinajstić information content (AvgIpc) is 2.68. The van der Waals surface area contributed by atoms with Gasteiger partial charge < -0.3 is 14.3 Å². The lowest BCUT2D eigenvalue weighted by molar-refractivity contribution is -0.134. The molecule has 0 amide bonds. The van der Waals surface area contributed by atoms with Crippen LogP contribution in [0.25, 0.3) is 0 Å². The molecular weight excluding hydrogens is 352 g/mol. The third-order valence-corrected chi connectivity index (χ3v) is 5.03. The standard InChI is InChI=1S/C24H30O4/c1-18(25)8-6-5-7-9-23(26)28-22-16-12-20(13-17-22)24(2,3)19-10-14-21(27-4)15-11-19/h10-17H,5-9H2,1-4H3. The van der Waals surface area contributed by atoms with Gasteiger partial charge in [-0.1, -0.05) is 44.5 Å². The molecule has 0 fully saturated rings. The highest BCUT2D eigenvalue weighted by atomic mass is 16.5. The van der Waals surface area contributed by atoms with Crippen molar-refractivity contribution in [3.8, 4) is 11.5 Å². The zero-order valence-corrected chi connectivity index (χ0v) is 17.3. The van der Waals surface area contributed by atoms with E-state index in [1.165, 1.54) is 5.56 Å². The quantitative estimate of drug-likeness (QED) is 0.311. The van der Waals surface area contributed by atoms with E-state index < -0.39 is 0 Å². The molecule has 0 aliphatic carbocycles. The van der Waals surface area contributed by atoms with E-state index >= 15 is 0 Å². The van der Waals surface area contributed by atoms with Crippen molar-refractivity contribution in [3.63, 3.8) is 0 Å². The molecule has 0 bridgehead atoms. The van der Waals surface area contributed by atoms with Crippen molar-refractivity contribution >= 4 is 11.8 Å². The van der Waals surface area contributed by atoms with Gasteiger partial charge in [0.1, 0.15) is 17.3 Å². The van der Waals surface area contributed by atoms with Gasteiger partial charge in [-0.3, -0.25) is 4.79 Å². The second kappa shape index (κ2) is 10.1. The number of benzene rings is 2. The van der Waals surface area contributed by atoms with Crippen LogP contribution >= 0.6 is 0 Å². The minimum atomic E-state index is -0.231. The first-order chi connectivity index (χ1) is 13.3. The maximum atomic E-state index is 12.0. The maximum Gasteiger partial charge on any atom is 0.311 e. The fourth-order valence-corrected chi connectivity index (χ4v) is 3.12. The van der Waals surface area contributed by atoms with Crippen LogP contribution in [0, 0.1) is 0 Å². The number of esters is 1. The third kappa shape index (κ3) is 6.22. The highest BCUT2D eigenvalue weighted by molar-refractivity contribution is 5.75. The normalized spacial score (nSPS) is 11.1. The maximum absolute atomic E-state index is 12.0. The monoisotopic (exact) mass is 382 g/mol. The van der Waals surface area contributed by atoms with E-state index in [9.17, 15) is 9.59 Å². The Balaban J connectivity index is 1.91. The Hall–Kier alpha value is -2.62. The summed E-state index contributed by atoms with van der Waals surface area (Å²) in [5, 5.41) is 0. The first-order valence-electron chi connectivity index (χ1n) is 9.78. The first kappa shape index (κ1) is 21.7. The fraction of sp³-hybridized carbons (Fsp3) is 0.417. The van der Waals surface area contributed by atoms with Crippen LogP contribution in [0.1, 0.15) is 64.0 Å². The van der Waals surface area contributed by atoms with Gasteiger partial charge in [0.2, 0.25) is 0 Å². The van der Waals surface area contributed by atoms with Gasteiger partial charge >= 0.3 is 5.97 Å². The number of Topliss-reactive ketones (excluding diaryl/α,β-unsaturated/α-hetero) is 1. The number of hydrogen-bond donors (Lipinski definition) is 0. The number of unbranched alkanes of at least 4 members (excludes halogenated alkanes) is 2. The number of rotatable bonds is 10. The molecule has 0 atom stereocenters. The average molecular weight is 383 g/mol. The van der Waals surface area contributed by atoms with E-state index in [1.54, 1.807) is 14.0 Å². The minimum absolute atomic E-state index is 0.175. The topological polar surface area (TPSA) is 52.6 Å². The van der Waals surface area contributed by atoms with Crippen LogP contribution in [0.15, 0.2) is 48.5 Å². The van der Waals surface area contributed by atoms with Crippen molar-refractivity contribution in [2.75, 3.05) is 7.11 Å². The summed E-state index contributed by atoms with van der Waals surface area (Å²) in [7, 11) is 1.66. The van der Waals surface area contributed by atoms with Crippen LogP contribution in [0.3, 0.4) is 0 Å². The summed E-state index contributed by atoms with van der Waals surface area (Å²) in [6.45, 7) is 5.92. The van der Waals surface area contributed by atoms with Crippen LogP contribution < -0.4 is 9.47 Å². The Morgan fingerprint density at radius 1 is 0.786 bits per heavy atom. The van der Waals surface area contributed by atoms with E-state index in [-0.39, 0.29) is 17.2 Å². The number of hydrogen-bond acceptors (Lipinski definition) is 4. The molecular formula is C24H30O4. The predicted octanol–water partition coefficient (Wildman–Crippen LogP) is 5.47. The van der Waals surface area contributed by atoms with E-state index in [2.05, 4.69) is 26.0 Å². The molecule has 0 N–H and O–H groups in total. The van der Waals surface area contributed by atoms with Crippen molar-refractivity contribution in [3.05, 3.63) is 59.7 Å². The Morgan fingerprint density at radius 3 is 1.79 bits per heavy atom. The van der Waals surface area contributed by atoms with Gasteiger partial charge in [-0.05, 0) is 55.2 Å². The Kier molecular flexibility index (Phi) is 7.80. The van der Waals surface area contributed by atoms with Gasteiger partial charge in [0.15, 0.2) is 0 Å². The van der Waals surface area contributed by atoms with Crippen molar-refractivity contribution in [1.29, 1.82) is 0 Å². The summed E-state index contributed by atoms with van der Waals surface area (Å²) in [5.74, 6) is 1.36. The second-order valence-corrected chi connectivity index (χ2v) is 7.61. The molecule has 4 heteroatoms. The van der Waals surface area contributed by atoms with Crippen LogP contribution in [0.5, 0.6) is 11.5 Å². The number of carbonyl (C=O) groups excluding carboxylic acids is 2. The molecule has 0 saturated heterocycles. The zero-order valence-electron chi connectivity index (χ0n) is 17.3. The smallest absolute Gasteiger partial charge is 0.311 e. The highest BCUT2D eigenvalue weighted by Crippen LogP contribution is 2.33. The predicted molar refractivity (Wildman–Crippen MR) is 111 cm³/mol. The van der Waals surface area contributed by atoms with Gasteiger partial charge in [0, 0.05) is 18.3 Å². The zero-order chi connectivity index (χ0) is 20.6. The highest BCUT2D eigenvalue weighted by Gasteiger charge is 2.23. The molecule has 150 valence electrons. The molecule has 0 unspecified atom stereocenters. The molecule has 2 aromatic carbocycles. The summed E-state index contributed by atoms with van der Waals surface area (Å²) in [4.78, 5) is 22.9. The first-order valence-corrected chi connectivity index (χ1v) is 9.78. The lowest BCUT2D eigenvalue weighted by Crippen LogP contribution is -2.18. The molecule has 0 heterocycles. The molecule has 2 rings (SSSR count). The SMILES string of the molecule is COc1ccc(C(C)(C)c2ccc(OC(=O)CCCCCC(C)=O)cc2)cc1. The fourth-order valence-electron chi connectivity index (χ4n) is 3.12. The van der Waals surface area contributed by atoms with Crippen molar-refractivity contribution < 1.29 is 19.1 Å². The molecule has 0 saturated carbocycles. The van der Waals surface area contributed by atoms with Gasteiger partial charge in [-0.2, -0.15) is 0 Å². The molecule has 28 heavy (non-hydrogen) atoms. The summed E-state index contributed by atoms with van der Waals surface area (Å²) < 4.78 is 10.7. The van der Waals surface area contributed by atoms with Gasteiger partial charge in [0.05, 0.1) is 7.11 Å². The van der Waals surface area contributed by atoms with Crippen LogP contribution in [0.4, 0.5) is 0 Å². The lowest BCUT2D eigenvalue weighted by atomic mass is 9.78. The number of methoxy groups -OCH3 is 1. The molecule has 0 spiro atoms. The summed E-state index contributed by atoms with van der Waals surface area (Å²) >= 11 is 0. The van der Waals surface area contributed by atoms with E-state index in [4.69, 9.17) is 9.47 Å². The van der Waals surface area contributed by atoms with E-state index in [0.29, 0.717) is 18.6 Å². The van der Waals surface area contributed by atoms with Crippen molar-refractivity contribution in [2.24, 2.45) is 0 Å². The Morgan fingerprint density at radius 2 is 1.29 bits per heavy atom. The lowest BCUT2D eigenvalue weighted by Gasteiger charge is -2.26. The molecule has 0 aromatic heterocycles. The molecule has 4 nitrogen and oxygen atoms in total. The largest absolute Gasteiger partial charge is 0.497 e. The summed E-state index contributed by atoms with van der Waals surface area (Å²) in [6, 6.07) is 15.7. The molecule has 0 aliphatic heterocycles. The van der Waals surface area contributed by atoms with Gasteiger partial charge in [0.25, 0.3) is 0 Å². The Labute approximate surface area is 167 Å². The Bertz CT molecular complexity index is 773. The van der Waals surface area contributed by atoms with Crippen molar-refractivity contribution in [1.82, 2.24) is 0 Å². The summed E-state index contributed by atoms with van der Waals surface area (Å²) in [5.41, 5.74) is 2.15. The number of carbonyl (C=O) groups is 2. The molecule has 0 radical (unpaired) electrons. The number of ketones is 1. The molecule has 0 aliphatic rings. The van der Waals surface area contributed by atoms with E-state index in [1.807, 2.05) is 36.4 Å².